The Balaban J connectivity index is 1.92. The van der Waals surface area contributed by atoms with Crippen molar-refractivity contribution in [3.63, 3.8) is 0 Å². The first-order valence-corrected chi connectivity index (χ1v) is 10.8. The van der Waals surface area contributed by atoms with Crippen LogP contribution in [0.5, 0.6) is 0 Å². The number of alkyl halides is 1. The quantitative estimate of drug-likeness (QED) is 0.328. The van der Waals surface area contributed by atoms with Gasteiger partial charge in [0.25, 0.3) is 0 Å². The van der Waals surface area contributed by atoms with Gasteiger partial charge >= 0.3 is 23.9 Å². The molecule has 0 saturated carbocycles. The second-order valence-electron chi connectivity index (χ2n) is 7.37. The molecule has 0 N–H and O–H groups in total. The van der Waals surface area contributed by atoms with Gasteiger partial charge in [0.05, 0.1) is 11.1 Å². The summed E-state index contributed by atoms with van der Waals surface area (Å²) in [5.41, 5.74) is 0.442. The number of hydrogen-bond acceptors (Lipinski definition) is 9. The lowest BCUT2D eigenvalue weighted by Gasteiger charge is -2.42. The van der Waals surface area contributed by atoms with Crippen molar-refractivity contribution in [3.05, 3.63) is 71.8 Å². The number of rotatable bonds is 7. The highest BCUT2D eigenvalue weighted by molar-refractivity contribution is 6.21. The molecule has 1 fully saturated rings. The van der Waals surface area contributed by atoms with E-state index in [4.69, 9.17) is 35.3 Å². The third-order valence-corrected chi connectivity index (χ3v) is 5.34. The zero-order valence-electron chi connectivity index (χ0n) is 18.4. The van der Waals surface area contributed by atoms with Crippen LogP contribution in [0, 0.1) is 0 Å². The molecule has 1 heterocycles. The van der Waals surface area contributed by atoms with Crippen LogP contribution in [0.15, 0.2) is 60.7 Å². The van der Waals surface area contributed by atoms with Gasteiger partial charge in [-0.15, -0.1) is 11.6 Å². The molecule has 180 valence electrons. The Morgan fingerprint density at radius 1 is 0.765 bits per heavy atom. The van der Waals surface area contributed by atoms with Gasteiger partial charge in [-0.25, -0.2) is 9.59 Å². The Kier molecular flexibility index (Phi) is 8.61. The van der Waals surface area contributed by atoms with Gasteiger partial charge in [-0.1, -0.05) is 36.4 Å². The number of carbonyl (C=O) groups is 4. The maximum Gasteiger partial charge on any atom is 0.338 e. The highest BCUT2D eigenvalue weighted by atomic mass is 35.5. The molecule has 9 nitrogen and oxygen atoms in total. The zero-order chi connectivity index (χ0) is 24.7. The first-order valence-electron chi connectivity index (χ1n) is 10.4. The molecular formula is C24H23ClO9. The van der Waals surface area contributed by atoms with E-state index < -0.39 is 53.9 Å². The maximum absolute atomic E-state index is 12.8. The molecular weight excluding hydrogens is 468 g/mol. The van der Waals surface area contributed by atoms with Crippen LogP contribution < -0.4 is 0 Å². The topological polar surface area (TPSA) is 114 Å². The van der Waals surface area contributed by atoms with E-state index in [0.717, 1.165) is 6.92 Å². The fraction of sp³-hybridized carbons (Fsp3) is 0.333. The highest BCUT2D eigenvalue weighted by Crippen LogP contribution is 2.32. The lowest BCUT2D eigenvalue weighted by molar-refractivity contribution is -0.260. The molecule has 1 saturated heterocycles. The minimum atomic E-state index is -1.48. The molecule has 0 spiro atoms. The Morgan fingerprint density at radius 2 is 1.26 bits per heavy atom. The highest BCUT2D eigenvalue weighted by Gasteiger charge is 2.51. The molecule has 1 aliphatic rings. The van der Waals surface area contributed by atoms with Crippen molar-refractivity contribution in [2.24, 2.45) is 0 Å². The van der Waals surface area contributed by atoms with Crippen LogP contribution in [0.1, 0.15) is 34.6 Å². The molecule has 1 aliphatic heterocycles. The molecule has 3 rings (SSSR count). The van der Waals surface area contributed by atoms with Gasteiger partial charge in [-0.05, 0) is 24.3 Å². The summed E-state index contributed by atoms with van der Waals surface area (Å²) in [7, 11) is 0. The van der Waals surface area contributed by atoms with Gasteiger partial charge in [0.2, 0.25) is 12.4 Å². The Bertz CT molecular complexity index is 1010. The molecule has 2 aromatic carbocycles. The summed E-state index contributed by atoms with van der Waals surface area (Å²) in [5.74, 6) is -2.84. The average molecular weight is 491 g/mol. The van der Waals surface area contributed by atoms with Gasteiger partial charge in [0.15, 0.2) is 6.10 Å². The van der Waals surface area contributed by atoms with E-state index in [1.807, 2.05) is 0 Å². The van der Waals surface area contributed by atoms with Crippen molar-refractivity contribution in [3.8, 4) is 0 Å². The van der Waals surface area contributed by atoms with Crippen LogP contribution in [-0.4, -0.2) is 60.5 Å². The largest absolute Gasteiger partial charge is 0.463 e. The lowest BCUT2D eigenvalue weighted by Crippen LogP contribution is -2.60. The lowest BCUT2D eigenvalue weighted by atomic mass is 10.0. The summed E-state index contributed by atoms with van der Waals surface area (Å²) in [6.07, 6.45) is -5.22. The number of halogens is 1. The van der Waals surface area contributed by atoms with E-state index in [-0.39, 0.29) is 17.7 Å². The molecule has 2 aromatic rings. The van der Waals surface area contributed by atoms with Crippen LogP contribution in [0.3, 0.4) is 0 Å². The summed E-state index contributed by atoms with van der Waals surface area (Å²) in [6.45, 7) is 2.03. The molecule has 0 radical (unpaired) electrons. The third kappa shape index (κ3) is 6.55. The van der Waals surface area contributed by atoms with Gasteiger partial charge in [-0.2, -0.15) is 0 Å². The minimum Gasteiger partial charge on any atom is -0.463 e. The van der Waals surface area contributed by atoms with Crippen molar-refractivity contribution in [1.82, 2.24) is 0 Å². The van der Waals surface area contributed by atoms with Crippen LogP contribution in [0.2, 0.25) is 0 Å². The van der Waals surface area contributed by atoms with Crippen LogP contribution in [0.25, 0.3) is 0 Å². The molecule has 0 aromatic heterocycles. The normalized spacial score (nSPS) is 23.9. The molecule has 34 heavy (non-hydrogen) atoms. The predicted octanol–water partition coefficient (Wildman–Crippen LogP) is 2.90. The minimum absolute atomic E-state index is 0.213. The summed E-state index contributed by atoms with van der Waals surface area (Å²) < 4.78 is 27.1. The molecule has 10 heteroatoms. The van der Waals surface area contributed by atoms with E-state index in [9.17, 15) is 19.2 Å². The maximum atomic E-state index is 12.8. The molecule has 0 bridgehead atoms. The third-order valence-electron chi connectivity index (χ3n) is 4.81. The van der Waals surface area contributed by atoms with Crippen molar-refractivity contribution in [1.29, 1.82) is 0 Å². The molecule has 0 amide bonds. The van der Waals surface area contributed by atoms with Crippen LogP contribution in [-0.2, 0) is 33.3 Å². The number of benzene rings is 2. The van der Waals surface area contributed by atoms with E-state index in [2.05, 4.69) is 0 Å². The first kappa shape index (κ1) is 25.2. The fourth-order valence-electron chi connectivity index (χ4n) is 3.25. The number of ether oxygens (including phenoxy) is 5. The standard InChI is InChI=1S/C24H23ClO9/c1-14(26)30-13-18-19(25)20(33-22(28)16-9-5-3-6-10-16)21(24(32-18)31-15(2)27)34-23(29)17-11-7-4-8-12-17/h3-12,18-21,24H,13H2,1-2H3/t18-,19+,20+,21-,24+/m1/s1. The number of carbonyl (C=O) groups excluding carboxylic acids is 4. The van der Waals surface area contributed by atoms with E-state index >= 15 is 0 Å². The molecule has 0 unspecified atom stereocenters. The van der Waals surface area contributed by atoms with Crippen molar-refractivity contribution in [2.45, 2.75) is 43.8 Å². The fourth-order valence-corrected chi connectivity index (χ4v) is 3.57. The van der Waals surface area contributed by atoms with Crippen molar-refractivity contribution >= 4 is 35.5 Å². The second kappa shape index (κ2) is 11.6. The van der Waals surface area contributed by atoms with Gasteiger partial charge < -0.3 is 23.7 Å². The summed E-state index contributed by atoms with van der Waals surface area (Å²) >= 11 is 6.56. The van der Waals surface area contributed by atoms with Crippen LogP contribution in [0.4, 0.5) is 0 Å². The molecule has 0 aliphatic carbocycles. The van der Waals surface area contributed by atoms with E-state index in [1.165, 1.54) is 31.2 Å². The zero-order valence-corrected chi connectivity index (χ0v) is 19.2. The predicted molar refractivity (Wildman–Crippen MR) is 118 cm³/mol. The van der Waals surface area contributed by atoms with Crippen LogP contribution >= 0.6 is 11.6 Å². The number of hydrogen-bond donors (Lipinski definition) is 0. The Morgan fingerprint density at radius 3 is 1.74 bits per heavy atom. The number of esters is 4. The SMILES string of the molecule is CC(=O)OC[C@H]1O[C@H](OC(C)=O)[C@H](OC(=O)c2ccccc2)[C@@H](OC(=O)c2ccccc2)[C@H]1Cl. The van der Waals surface area contributed by atoms with Gasteiger partial charge in [0.1, 0.15) is 18.1 Å². The van der Waals surface area contributed by atoms with E-state index in [0.29, 0.717) is 0 Å². The Hall–Kier alpha value is -3.43. The average Bonchev–Trinajstić information content (AvgIpc) is 2.82. The van der Waals surface area contributed by atoms with Gasteiger partial charge in [0, 0.05) is 13.8 Å². The summed E-state index contributed by atoms with van der Waals surface area (Å²) in [5, 5.41) is -1.12. The summed E-state index contributed by atoms with van der Waals surface area (Å²) in [6, 6.07) is 16.2. The van der Waals surface area contributed by atoms with Gasteiger partial charge in [-0.3, -0.25) is 9.59 Å². The Labute approximate surface area is 200 Å². The smallest absolute Gasteiger partial charge is 0.338 e. The van der Waals surface area contributed by atoms with E-state index in [1.54, 1.807) is 36.4 Å². The van der Waals surface area contributed by atoms with Crippen molar-refractivity contribution in [2.75, 3.05) is 6.61 Å². The second-order valence-corrected chi connectivity index (χ2v) is 7.88. The first-order chi connectivity index (χ1) is 16.3. The van der Waals surface area contributed by atoms with Crippen molar-refractivity contribution < 1.29 is 42.9 Å². The monoisotopic (exact) mass is 490 g/mol. The molecule has 5 atom stereocenters. The summed E-state index contributed by atoms with van der Waals surface area (Å²) in [4.78, 5) is 48.6.